The summed E-state index contributed by atoms with van der Waals surface area (Å²) in [6, 6.07) is 15.4. The van der Waals surface area contributed by atoms with Gasteiger partial charge in [-0.3, -0.25) is 0 Å². The second-order valence-electron chi connectivity index (χ2n) is 8.73. The predicted octanol–water partition coefficient (Wildman–Crippen LogP) is 8.45. The van der Waals surface area contributed by atoms with Gasteiger partial charge in [-0.05, 0) is 42.3 Å². The SMILES string of the molecule is CCCCCCCCCCCCCCCCNCCc1cccc2ccccc12. The molecule has 0 aliphatic heterocycles. The highest BCUT2D eigenvalue weighted by atomic mass is 14.8. The van der Waals surface area contributed by atoms with E-state index in [0.717, 1.165) is 13.0 Å². The molecule has 0 radical (unpaired) electrons. The number of hydrogen-bond donors (Lipinski definition) is 1. The molecule has 1 heteroatoms. The molecule has 0 amide bonds. The molecule has 0 saturated carbocycles. The van der Waals surface area contributed by atoms with Gasteiger partial charge in [0.05, 0.1) is 0 Å². The summed E-state index contributed by atoms with van der Waals surface area (Å²) in [6.07, 6.45) is 21.2. The molecule has 0 aromatic heterocycles. The van der Waals surface area contributed by atoms with E-state index in [4.69, 9.17) is 0 Å². The monoisotopic (exact) mass is 395 g/mol. The van der Waals surface area contributed by atoms with Gasteiger partial charge in [0.2, 0.25) is 0 Å². The van der Waals surface area contributed by atoms with Gasteiger partial charge in [-0.15, -0.1) is 0 Å². The van der Waals surface area contributed by atoms with Crippen LogP contribution in [0.5, 0.6) is 0 Å². The van der Waals surface area contributed by atoms with Crippen LogP contribution in [0.25, 0.3) is 10.8 Å². The van der Waals surface area contributed by atoms with Crippen LogP contribution in [0.15, 0.2) is 42.5 Å². The first-order valence-corrected chi connectivity index (χ1v) is 12.6. The van der Waals surface area contributed by atoms with Gasteiger partial charge in [-0.2, -0.15) is 0 Å². The van der Waals surface area contributed by atoms with Crippen LogP contribution in [0.4, 0.5) is 0 Å². The minimum absolute atomic E-state index is 1.09. The molecular weight excluding hydrogens is 350 g/mol. The molecule has 1 N–H and O–H groups in total. The molecule has 162 valence electrons. The molecule has 2 aromatic carbocycles. The van der Waals surface area contributed by atoms with Gasteiger partial charge in [0.1, 0.15) is 0 Å². The Bertz CT molecular complexity index is 628. The second kappa shape index (κ2) is 16.5. The van der Waals surface area contributed by atoms with Gasteiger partial charge in [0.15, 0.2) is 0 Å². The number of rotatable bonds is 18. The maximum Gasteiger partial charge on any atom is -0.000813 e. The van der Waals surface area contributed by atoms with E-state index in [1.807, 2.05) is 0 Å². The summed E-state index contributed by atoms with van der Waals surface area (Å²) >= 11 is 0. The van der Waals surface area contributed by atoms with E-state index < -0.39 is 0 Å². The lowest BCUT2D eigenvalue weighted by Crippen LogP contribution is -2.18. The van der Waals surface area contributed by atoms with Crippen LogP contribution in [-0.4, -0.2) is 13.1 Å². The van der Waals surface area contributed by atoms with Crippen molar-refractivity contribution in [1.82, 2.24) is 5.32 Å². The van der Waals surface area contributed by atoms with Crippen molar-refractivity contribution in [3.05, 3.63) is 48.0 Å². The lowest BCUT2D eigenvalue weighted by Gasteiger charge is -2.08. The molecule has 2 rings (SSSR count). The van der Waals surface area contributed by atoms with Crippen LogP contribution in [0, 0.1) is 0 Å². The Morgan fingerprint density at radius 3 is 1.76 bits per heavy atom. The third kappa shape index (κ3) is 10.8. The minimum atomic E-state index is 1.09. The van der Waals surface area contributed by atoms with Crippen LogP contribution in [0.2, 0.25) is 0 Å². The molecule has 0 spiro atoms. The Hall–Kier alpha value is -1.34. The number of hydrogen-bond acceptors (Lipinski definition) is 1. The van der Waals surface area contributed by atoms with Gasteiger partial charge >= 0.3 is 0 Å². The molecule has 0 bridgehead atoms. The summed E-state index contributed by atoms with van der Waals surface area (Å²) in [5.41, 5.74) is 1.47. The van der Waals surface area contributed by atoms with Crippen molar-refractivity contribution >= 4 is 10.8 Å². The van der Waals surface area contributed by atoms with Crippen LogP contribution in [0.1, 0.15) is 102 Å². The van der Waals surface area contributed by atoms with Crippen LogP contribution >= 0.6 is 0 Å². The maximum absolute atomic E-state index is 3.64. The highest BCUT2D eigenvalue weighted by molar-refractivity contribution is 5.85. The van der Waals surface area contributed by atoms with Gasteiger partial charge in [-0.25, -0.2) is 0 Å². The third-order valence-corrected chi connectivity index (χ3v) is 6.16. The highest BCUT2D eigenvalue weighted by Crippen LogP contribution is 2.18. The molecule has 0 heterocycles. The molecule has 2 aromatic rings. The quantitative estimate of drug-likeness (QED) is 0.250. The van der Waals surface area contributed by atoms with Crippen molar-refractivity contribution in [2.75, 3.05) is 13.1 Å². The Labute approximate surface area is 180 Å². The first-order valence-electron chi connectivity index (χ1n) is 12.6. The Kier molecular flexibility index (Phi) is 13.6. The molecule has 1 nitrogen and oxygen atoms in total. The molecule has 0 aliphatic carbocycles. The molecular formula is C28H45N. The first kappa shape index (κ1) is 23.9. The largest absolute Gasteiger partial charge is 0.316 e. The fourth-order valence-electron chi connectivity index (χ4n) is 4.30. The summed E-state index contributed by atoms with van der Waals surface area (Å²) < 4.78 is 0. The average molecular weight is 396 g/mol. The van der Waals surface area contributed by atoms with Gasteiger partial charge in [0.25, 0.3) is 0 Å². The van der Waals surface area contributed by atoms with E-state index in [-0.39, 0.29) is 0 Å². The smallest absolute Gasteiger partial charge is 0.000813 e. The number of fused-ring (bicyclic) bond motifs is 1. The van der Waals surface area contributed by atoms with Crippen LogP contribution in [0.3, 0.4) is 0 Å². The van der Waals surface area contributed by atoms with Gasteiger partial charge in [-0.1, -0.05) is 133 Å². The van der Waals surface area contributed by atoms with E-state index in [0.29, 0.717) is 0 Å². The fraction of sp³-hybridized carbons (Fsp3) is 0.643. The summed E-state index contributed by atoms with van der Waals surface area (Å²) in [4.78, 5) is 0. The molecule has 0 atom stereocenters. The average Bonchev–Trinajstić information content (AvgIpc) is 2.76. The zero-order valence-corrected chi connectivity index (χ0v) is 19.1. The van der Waals surface area contributed by atoms with Crippen molar-refractivity contribution in [2.24, 2.45) is 0 Å². The summed E-state index contributed by atoms with van der Waals surface area (Å²) in [6.45, 7) is 4.55. The van der Waals surface area contributed by atoms with Crippen molar-refractivity contribution in [2.45, 2.75) is 103 Å². The van der Waals surface area contributed by atoms with Gasteiger partial charge in [0, 0.05) is 0 Å². The molecule has 0 unspecified atom stereocenters. The van der Waals surface area contributed by atoms with E-state index in [2.05, 4.69) is 54.7 Å². The third-order valence-electron chi connectivity index (χ3n) is 6.16. The molecule has 29 heavy (non-hydrogen) atoms. The van der Waals surface area contributed by atoms with Crippen LogP contribution in [-0.2, 0) is 6.42 Å². The second-order valence-corrected chi connectivity index (χ2v) is 8.73. The number of benzene rings is 2. The van der Waals surface area contributed by atoms with E-state index in [1.54, 1.807) is 0 Å². The van der Waals surface area contributed by atoms with Gasteiger partial charge < -0.3 is 5.32 Å². The minimum Gasteiger partial charge on any atom is -0.316 e. The summed E-state index contributed by atoms with van der Waals surface area (Å²) in [7, 11) is 0. The van der Waals surface area contributed by atoms with Crippen molar-refractivity contribution in [1.29, 1.82) is 0 Å². The Morgan fingerprint density at radius 1 is 0.552 bits per heavy atom. The molecule has 0 saturated heterocycles. The van der Waals surface area contributed by atoms with E-state index >= 15 is 0 Å². The van der Waals surface area contributed by atoms with Crippen molar-refractivity contribution < 1.29 is 0 Å². The Balaban J connectivity index is 1.35. The fourth-order valence-corrected chi connectivity index (χ4v) is 4.30. The number of nitrogens with one attached hydrogen (secondary N) is 1. The topological polar surface area (TPSA) is 12.0 Å². The zero-order chi connectivity index (χ0) is 20.4. The predicted molar refractivity (Wildman–Crippen MR) is 131 cm³/mol. The van der Waals surface area contributed by atoms with Crippen molar-refractivity contribution in [3.63, 3.8) is 0 Å². The normalized spacial score (nSPS) is 11.3. The highest BCUT2D eigenvalue weighted by Gasteiger charge is 2.00. The Morgan fingerprint density at radius 2 is 1.10 bits per heavy atom. The molecule has 0 aliphatic rings. The first-order chi connectivity index (χ1) is 14.4. The standard InChI is InChI=1S/C28H45N/c1-2-3-4-5-6-7-8-9-10-11-12-13-14-17-24-29-25-23-27-21-18-20-26-19-15-16-22-28(26)27/h15-16,18-22,29H,2-14,17,23-25H2,1H3. The number of unbranched alkanes of at least 4 members (excludes halogenated alkanes) is 13. The van der Waals surface area contributed by atoms with Crippen molar-refractivity contribution in [3.8, 4) is 0 Å². The maximum atomic E-state index is 3.64. The zero-order valence-electron chi connectivity index (χ0n) is 19.1. The van der Waals surface area contributed by atoms with Crippen LogP contribution < -0.4 is 5.32 Å². The molecule has 0 fully saturated rings. The lowest BCUT2D eigenvalue weighted by molar-refractivity contribution is 0.530. The summed E-state index contributed by atoms with van der Waals surface area (Å²) in [5.74, 6) is 0. The van der Waals surface area contributed by atoms with E-state index in [9.17, 15) is 0 Å². The van der Waals surface area contributed by atoms with E-state index in [1.165, 1.54) is 113 Å². The summed E-state index contributed by atoms with van der Waals surface area (Å²) in [5, 5.41) is 6.41. The lowest BCUT2D eigenvalue weighted by atomic mass is 10.0.